The van der Waals surface area contributed by atoms with Crippen LogP contribution in [0.4, 0.5) is 0 Å². The minimum absolute atomic E-state index is 0.322. The summed E-state index contributed by atoms with van der Waals surface area (Å²) in [4.78, 5) is 11.2. The fourth-order valence-electron chi connectivity index (χ4n) is 3.44. The quantitative estimate of drug-likeness (QED) is 0.591. The number of aliphatic hydroxyl groups is 1. The van der Waals surface area contributed by atoms with Crippen LogP contribution >= 0.6 is 0 Å². The van der Waals surface area contributed by atoms with Crippen molar-refractivity contribution in [1.29, 1.82) is 0 Å². The fourth-order valence-corrected chi connectivity index (χ4v) is 3.44. The first kappa shape index (κ1) is 15.3. The maximum Gasteiger partial charge on any atom is 0.303 e. The van der Waals surface area contributed by atoms with E-state index >= 15 is 0 Å². The Labute approximate surface area is 121 Å². The lowest BCUT2D eigenvalue weighted by Gasteiger charge is -2.22. The van der Waals surface area contributed by atoms with Crippen molar-refractivity contribution in [2.45, 2.75) is 59.7 Å². The molecule has 0 aromatic rings. The summed E-state index contributed by atoms with van der Waals surface area (Å²) in [5.41, 5.74) is 2.41. The second-order valence-electron chi connectivity index (χ2n) is 6.93. The lowest BCUT2D eigenvalue weighted by atomic mass is 9.97. The molecule has 0 aromatic carbocycles. The standard InChI is InChI=1S/C17H26O3/c1-10-6-7-13-14(17(13,4)5)9-11(2)16(19)15(8-10)20-12(3)18/h8-9,13-16,19H,6-7H2,1-5H3/b10-8+,11-9+/t13-,14+,15+,16+/m0/s1. The molecule has 2 rings (SSSR count). The van der Waals surface area contributed by atoms with Gasteiger partial charge in [0.15, 0.2) is 0 Å². The summed E-state index contributed by atoms with van der Waals surface area (Å²) in [5, 5.41) is 10.4. The van der Waals surface area contributed by atoms with Gasteiger partial charge in [0.1, 0.15) is 12.2 Å². The number of rotatable bonds is 1. The molecule has 0 bridgehead atoms. The Balaban J connectivity index is 2.27. The summed E-state index contributed by atoms with van der Waals surface area (Å²) >= 11 is 0. The molecule has 112 valence electrons. The van der Waals surface area contributed by atoms with E-state index in [-0.39, 0.29) is 5.97 Å². The molecule has 20 heavy (non-hydrogen) atoms. The molecule has 0 saturated heterocycles. The number of carbonyl (C=O) groups excluding carboxylic acids is 1. The van der Waals surface area contributed by atoms with Crippen LogP contribution in [0.2, 0.25) is 0 Å². The highest BCUT2D eigenvalue weighted by Gasteiger charge is 2.55. The predicted octanol–water partition coefficient (Wildman–Crippen LogP) is 3.24. The average molecular weight is 278 g/mol. The number of carbonyl (C=O) groups is 1. The van der Waals surface area contributed by atoms with Crippen LogP contribution in [-0.4, -0.2) is 23.3 Å². The van der Waals surface area contributed by atoms with E-state index in [1.165, 1.54) is 12.5 Å². The Morgan fingerprint density at radius 1 is 1.35 bits per heavy atom. The van der Waals surface area contributed by atoms with Crippen molar-refractivity contribution in [1.82, 2.24) is 0 Å². The largest absolute Gasteiger partial charge is 0.455 e. The highest BCUT2D eigenvalue weighted by atomic mass is 16.6. The molecule has 1 N–H and O–H groups in total. The van der Waals surface area contributed by atoms with E-state index in [9.17, 15) is 9.90 Å². The molecule has 4 atom stereocenters. The van der Waals surface area contributed by atoms with Crippen LogP contribution in [-0.2, 0) is 9.53 Å². The molecule has 0 unspecified atom stereocenters. The normalized spacial score (nSPS) is 41.5. The van der Waals surface area contributed by atoms with Crippen LogP contribution < -0.4 is 0 Å². The van der Waals surface area contributed by atoms with Crippen molar-refractivity contribution >= 4 is 5.97 Å². The van der Waals surface area contributed by atoms with Crippen LogP contribution in [0.25, 0.3) is 0 Å². The molecule has 2 aliphatic carbocycles. The Morgan fingerprint density at radius 2 is 2.00 bits per heavy atom. The van der Waals surface area contributed by atoms with E-state index in [1.54, 1.807) is 0 Å². The minimum Gasteiger partial charge on any atom is -0.455 e. The summed E-state index contributed by atoms with van der Waals surface area (Å²) < 4.78 is 5.27. The van der Waals surface area contributed by atoms with Crippen molar-refractivity contribution in [3.8, 4) is 0 Å². The molecule has 0 radical (unpaired) electrons. The summed E-state index contributed by atoms with van der Waals surface area (Å²) in [5.74, 6) is 0.867. The van der Waals surface area contributed by atoms with Gasteiger partial charge in [0.05, 0.1) is 0 Å². The van der Waals surface area contributed by atoms with Gasteiger partial charge >= 0.3 is 5.97 Å². The average Bonchev–Trinajstić information content (AvgIpc) is 2.84. The SMILES string of the molecule is CC(=O)O[C@@H]1/C=C(\C)CC[C@H]2[C@@H](/C=C(\C)[C@H]1O)C2(C)C. The fraction of sp³-hybridized carbons (Fsp3) is 0.706. The van der Waals surface area contributed by atoms with E-state index in [4.69, 9.17) is 4.74 Å². The van der Waals surface area contributed by atoms with E-state index in [0.717, 1.165) is 18.4 Å². The number of fused-ring (bicyclic) bond motifs is 1. The summed E-state index contributed by atoms with van der Waals surface area (Å²) in [6.45, 7) is 9.94. The number of hydrogen-bond acceptors (Lipinski definition) is 3. The number of esters is 1. The number of allylic oxidation sites excluding steroid dienone is 2. The van der Waals surface area contributed by atoms with Gasteiger partial charge in [0.25, 0.3) is 0 Å². The van der Waals surface area contributed by atoms with Gasteiger partial charge in [-0.15, -0.1) is 0 Å². The third-order valence-corrected chi connectivity index (χ3v) is 4.96. The second kappa shape index (κ2) is 5.36. The summed E-state index contributed by atoms with van der Waals surface area (Å²) in [6.07, 6.45) is 4.93. The zero-order valence-electron chi connectivity index (χ0n) is 13.1. The molecule has 3 nitrogen and oxygen atoms in total. The molecule has 0 amide bonds. The van der Waals surface area contributed by atoms with E-state index in [1.807, 2.05) is 19.9 Å². The van der Waals surface area contributed by atoms with Gasteiger partial charge in [-0.2, -0.15) is 0 Å². The number of ether oxygens (including phenoxy) is 1. The first-order chi connectivity index (χ1) is 9.23. The van der Waals surface area contributed by atoms with Gasteiger partial charge < -0.3 is 9.84 Å². The molecule has 0 heterocycles. The lowest BCUT2D eigenvalue weighted by Crippen LogP contribution is -2.30. The Hall–Kier alpha value is -1.09. The predicted molar refractivity (Wildman–Crippen MR) is 79.1 cm³/mol. The van der Waals surface area contributed by atoms with Crippen LogP contribution in [0.5, 0.6) is 0 Å². The van der Waals surface area contributed by atoms with E-state index in [0.29, 0.717) is 17.3 Å². The molecule has 2 aliphatic rings. The van der Waals surface area contributed by atoms with Gasteiger partial charge in [-0.05, 0) is 55.6 Å². The molecule has 1 saturated carbocycles. The Kier molecular flexibility index (Phi) is 4.10. The van der Waals surface area contributed by atoms with Crippen molar-refractivity contribution in [3.63, 3.8) is 0 Å². The molecule has 0 aromatic heterocycles. The lowest BCUT2D eigenvalue weighted by molar-refractivity contribution is -0.147. The zero-order chi connectivity index (χ0) is 15.1. The second-order valence-corrected chi connectivity index (χ2v) is 6.93. The molecule has 0 spiro atoms. The van der Waals surface area contributed by atoms with Gasteiger partial charge in [-0.1, -0.05) is 25.5 Å². The smallest absolute Gasteiger partial charge is 0.303 e. The van der Waals surface area contributed by atoms with Crippen molar-refractivity contribution in [3.05, 3.63) is 23.3 Å². The van der Waals surface area contributed by atoms with Crippen molar-refractivity contribution in [2.75, 3.05) is 0 Å². The summed E-state index contributed by atoms with van der Waals surface area (Å²) in [7, 11) is 0. The van der Waals surface area contributed by atoms with Gasteiger partial charge in [0.2, 0.25) is 0 Å². The highest BCUT2D eigenvalue weighted by molar-refractivity contribution is 5.66. The minimum atomic E-state index is -0.746. The molecule has 3 heteroatoms. The first-order valence-electron chi connectivity index (χ1n) is 7.44. The monoisotopic (exact) mass is 278 g/mol. The van der Waals surface area contributed by atoms with Crippen molar-refractivity contribution < 1.29 is 14.6 Å². The first-order valence-corrected chi connectivity index (χ1v) is 7.44. The third kappa shape index (κ3) is 2.98. The topological polar surface area (TPSA) is 46.5 Å². The number of hydrogen-bond donors (Lipinski definition) is 1. The van der Waals surface area contributed by atoms with Crippen LogP contribution in [0.15, 0.2) is 23.3 Å². The maximum atomic E-state index is 11.2. The number of aliphatic hydroxyl groups excluding tert-OH is 1. The van der Waals surface area contributed by atoms with Gasteiger partial charge in [0, 0.05) is 6.92 Å². The highest BCUT2D eigenvalue weighted by Crippen LogP contribution is 2.61. The van der Waals surface area contributed by atoms with E-state index < -0.39 is 12.2 Å². The Morgan fingerprint density at radius 3 is 2.60 bits per heavy atom. The van der Waals surface area contributed by atoms with Crippen LogP contribution in [0.1, 0.15) is 47.5 Å². The molecule has 1 fully saturated rings. The van der Waals surface area contributed by atoms with Crippen LogP contribution in [0, 0.1) is 17.3 Å². The Bertz CT molecular complexity index is 459. The van der Waals surface area contributed by atoms with Gasteiger partial charge in [-0.3, -0.25) is 4.79 Å². The third-order valence-electron chi connectivity index (χ3n) is 4.96. The molecular formula is C17H26O3. The van der Waals surface area contributed by atoms with Gasteiger partial charge in [-0.25, -0.2) is 0 Å². The molecule has 0 aliphatic heterocycles. The summed E-state index contributed by atoms with van der Waals surface area (Å²) in [6, 6.07) is 0. The van der Waals surface area contributed by atoms with Crippen LogP contribution in [0.3, 0.4) is 0 Å². The van der Waals surface area contributed by atoms with Crippen molar-refractivity contribution in [2.24, 2.45) is 17.3 Å². The van der Waals surface area contributed by atoms with E-state index in [2.05, 4.69) is 19.9 Å². The maximum absolute atomic E-state index is 11.2. The molecular weight excluding hydrogens is 252 g/mol. The zero-order valence-corrected chi connectivity index (χ0v) is 13.1.